The van der Waals surface area contributed by atoms with Gasteiger partial charge in [-0.15, -0.1) is 11.8 Å². The van der Waals surface area contributed by atoms with E-state index in [-0.39, 0.29) is 5.91 Å². The lowest BCUT2D eigenvalue weighted by molar-refractivity contribution is -0.120. The van der Waals surface area contributed by atoms with Gasteiger partial charge in [-0.1, -0.05) is 0 Å². The van der Waals surface area contributed by atoms with Gasteiger partial charge in [-0.25, -0.2) is 0 Å². The molecule has 0 atom stereocenters. The highest BCUT2D eigenvalue weighted by molar-refractivity contribution is 7.99. The van der Waals surface area contributed by atoms with Gasteiger partial charge in [0.2, 0.25) is 5.91 Å². The minimum atomic E-state index is 0.0523. The van der Waals surface area contributed by atoms with Crippen LogP contribution in [0.1, 0.15) is 6.42 Å². The van der Waals surface area contributed by atoms with E-state index >= 15 is 0 Å². The standard InChI is InChI=1S/C12H18N2O2S/c1-16-10-2-4-11(5-3-10)17-9-6-12(15)14-8-7-13/h2-5H,6-9,13H2,1H3,(H,14,15). The third-order valence-corrected chi connectivity index (χ3v) is 3.14. The van der Waals surface area contributed by atoms with E-state index in [9.17, 15) is 4.79 Å². The second kappa shape index (κ2) is 7.97. The van der Waals surface area contributed by atoms with Crippen LogP contribution in [-0.2, 0) is 4.79 Å². The normalized spacial score (nSPS) is 10.0. The van der Waals surface area contributed by atoms with E-state index in [1.807, 2.05) is 24.3 Å². The van der Waals surface area contributed by atoms with Gasteiger partial charge < -0.3 is 15.8 Å². The molecule has 0 aliphatic carbocycles. The van der Waals surface area contributed by atoms with Crippen LogP contribution in [0.4, 0.5) is 0 Å². The molecule has 0 saturated heterocycles. The Hall–Kier alpha value is -1.20. The first kappa shape index (κ1) is 13.9. The molecule has 0 saturated carbocycles. The molecule has 0 spiro atoms. The molecule has 1 rings (SSSR count). The van der Waals surface area contributed by atoms with Gasteiger partial charge in [-0.05, 0) is 24.3 Å². The number of benzene rings is 1. The molecule has 0 aliphatic heterocycles. The summed E-state index contributed by atoms with van der Waals surface area (Å²) in [5.74, 6) is 1.66. The molecule has 3 N–H and O–H groups in total. The first-order valence-electron chi connectivity index (χ1n) is 5.50. The smallest absolute Gasteiger partial charge is 0.220 e. The Balaban J connectivity index is 2.23. The van der Waals surface area contributed by atoms with Crippen molar-refractivity contribution in [3.05, 3.63) is 24.3 Å². The van der Waals surface area contributed by atoms with Crippen LogP contribution in [0.3, 0.4) is 0 Å². The quantitative estimate of drug-likeness (QED) is 0.719. The largest absolute Gasteiger partial charge is 0.497 e. The van der Waals surface area contributed by atoms with Crippen LogP contribution in [-0.4, -0.2) is 31.9 Å². The molecule has 1 amide bonds. The van der Waals surface area contributed by atoms with E-state index in [1.54, 1.807) is 18.9 Å². The first-order valence-corrected chi connectivity index (χ1v) is 6.48. The molecule has 17 heavy (non-hydrogen) atoms. The Bertz CT molecular complexity index is 341. The van der Waals surface area contributed by atoms with E-state index in [0.29, 0.717) is 19.5 Å². The number of hydrogen-bond acceptors (Lipinski definition) is 4. The molecule has 0 fully saturated rings. The van der Waals surface area contributed by atoms with Gasteiger partial charge in [0.1, 0.15) is 5.75 Å². The maximum atomic E-state index is 11.3. The lowest BCUT2D eigenvalue weighted by Gasteiger charge is -2.04. The molecule has 5 heteroatoms. The van der Waals surface area contributed by atoms with Crippen molar-refractivity contribution < 1.29 is 9.53 Å². The number of carbonyl (C=O) groups is 1. The SMILES string of the molecule is COc1ccc(SCCC(=O)NCCN)cc1. The number of rotatable bonds is 7. The van der Waals surface area contributed by atoms with Gasteiger partial charge in [0.05, 0.1) is 7.11 Å². The Labute approximate surface area is 106 Å². The molecule has 0 radical (unpaired) electrons. The van der Waals surface area contributed by atoms with Crippen molar-refractivity contribution in [1.29, 1.82) is 0 Å². The fourth-order valence-corrected chi connectivity index (χ4v) is 2.09. The second-order valence-electron chi connectivity index (χ2n) is 3.41. The zero-order valence-corrected chi connectivity index (χ0v) is 10.8. The maximum absolute atomic E-state index is 11.3. The molecular formula is C12H18N2O2S. The van der Waals surface area contributed by atoms with Gasteiger partial charge >= 0.3 is 0 Å². The summed E-state index contributed by atoms with van der Waals surface area (Å²) >= 11 is 1.65. The van der Waals surface area contributed by atoms with Crippen molar-refractivity contribution in [1.82, 2.24) is 5.32 Å². The highest BCUT2D eigenvalue weighted by Gasteiger charge is 2.01. The monoisotopic (exact) mass is 254 g/mol. The van der Waals surface area contributed by atoms with Crippen LogP contribution in [0, 0.1) is 0 Å². The van der Waals surface area contributed by atoms with Crippen molar-refractivity contribution in [2.45, 2.75) is 11.3 Å². The topological polar surface area (TPSA) is 64.3 Å². The van der Waals surface area contributed by atoms with Crippen molar-refractivity contribution in [2.24, 2.45) is 5.73 Å². The number of nitrogens with one attached hydrogen (secondary N) is 1. The van der Waals surface area contributed by atoms with Gasteiger partial charge in [-0.2, -0.15) is 0 Å². The lowest BCUT2D eigenvalue weighted by Crippen LogP contribution is -2.29. The Morgan fingerprint density at radius 2 is 2.12 bits per heavy atom. The van der Waals surface area contributed by atoms with Crippen LogP contribution in [0.5, 0.6) is 5.75 Å². The highest BCUT2D eigenvalue weighted by atomic mass is 32.2. The summed E-state index contributed by atoms with van der Waals surface area (Å²) in [5.41, 5.74) is 5.29. The minimum Gasteiger partial charge on any atom is -0.497 e. The molecule has 1 aromatic carbocycles. The van der Waals surface area contributed by atoms with E-state index < -0.39 is 0 Å². The Kier molecular flexibility index (Phi) is 6.50. The number of ether oxygens (including phenoxy) is 1. The Morgan fingerprint density at radius 3 is 2.71 bits per heavy atom. The van der Waals surface area contributed by atoms with E-state index in [1.165, 1.54) is 0 Å². The number of methoxy groups -OCH3 is 1. The van der Waals surface area contributed by atoms with E-state index in [4.69, 9.17) is 10.5 Å². The summed E-state index contributed by atoms with van der Waals surface area (Å²) < 4.78 is 5.07. The fraction of sp³-hybridized carbons (Fsp3) is 0.417. The first-order chi connectivity index (χ1) is 8.26. The van der Waals surface area contributed by atoms with E-state index in [0.717, 1.165) is 16.4 Å². The fourth-order valence-electron chi connectivity index (χ4n) is 1.23. The third kappa shape index (κ3) is 5.60. The predicted molar refractivity (Wildman–Crippen MR) is 70.4 cm³/mol. The van der Waals surface area contributed by atoms with Gasteiger partial charge in [0.15, 0.2) is 0 Å². The van der Waals surface area contributed by atoms with Crippen LogP contribution in [0.15, 0.2) is 29.2 Å². The average Bonchev–Trinajstić information content (AvgIpc) is 2.37. The summed E-state index contributed by atoms with van der Waals surface area (Å²) in [5, 5.41) is 2.74. The van der Waals surface area contributed by atoms with Crippen molar-refractivity contribution >= 4 is 17.7 Å². The number of hydrogen-bond donors (Lipinski definition) is 2. The molecule has 4 nitrogen and oxygen atoms in total. The van der Waals surface area contributed by atoms with Crippen molar-refractivity contribution in [3.8, 4) is 5.75 Å². The summed E-state index contributed by atoms with van der Waals surface area (Å²) in [7, 11) is 1.64. The molecule has 0 unspecified atom stereocenters. The number of thioether (sulfide) groups is 1. The number of carbonyl (C=O) groups excluding carboxylic acids is 1. The van der Waals surface area contributed by atoms with Crippen LogP contribution in [0.2, 0.25) is 0 Å². The summed E-state index contributed by atoms with van der Waals surface area (Å²) in [6, 6.07) is 7.80. The lowest BCUT2D eigenvalue weighted by atomic mass is 10.3. The average molecular weight is 254 g/mol. The van der Waals surface area contributed by atoms with Crippen LogP contribution >= 0.6 is 11.8 Å². The van der Waals surface area contributed by atoms with E-state index in [2.05, 4.69) is 5.32 Å². The van der Waals surface area contributed by atoms with Gasteiger partial charge in [0, 0.05) is 30.2 Å². The van der Waals surface area contributed by atoms with Gasteiger partial charge in [-0.3, -0.25) is 4.79 Å². The van der Waals surface area contributed by atoms with Crippen molar-refractivity contribution in [2.75, 3.05) is 26.0 Å². The molecule has 0 aliphatic rings. The molecule has 0 bridgehead atoms. The minimum absolute atomic E-state index is 0.0523. The van der Waals surface area contributed by atoms with Crippen LogP contribution in [0.25, 0.3) is 0 Å². The number of nitrogens with two attached hydrogens (primary N) is 1. The van der Waals surface area contributed by atoms with Crippen molar-refractivity contribution in [3.63, 3.8) is 0 Å². The predicted octanol–water partition coefficient (Wildman–Crippen LogP) is 1.25. The maximum Gasteiger partial charge on any atom is 0.220 e. The molecule has 94 valence electrons. The third-order valence-electron chi connectivity index (χ3n) is 2.12. The van der Waals surface area contributed by atoms with Crippen LogP contribution < -0.4 is 15.8 Å². The highest BCUT2D eigenvalue weighted by Crippen LogP contribution is 2.21. The molecule has 0 aromatic heterocycles. The zero-order valence-electron chi connectivity index (χ0n) is 9.94. The summed E-state index contributed by atoms with van der Waals surface area (Å²) in [6.45, 7) is 1.03. The molecular weight excluding hydrogens is 236 g/mol. The summed E-state index contributed by atoms with van der Waals surface area (Å²) in [6.07, 6.45) is 0.511. The van der Waals surface area contributed by atoms with Gasteiger partial charge in [0.25, 0.3) is 0 Å². The zero-order chi connectivity index (χ0) is 12.5. The Morgan fingerprint density at radius 1 is 1.41 bits per heavy atom. The number of amides is 1. The summed E-state index contributed by atoms with van der Waals surface area (Å²) in [4.78, 5) is 12.4. The second-order valence-corrected chi connectivity index (χ2v) is 4.58. The molecule has 0 heterocycles. The molecule has 1 aromatic rings.